The number of hydrogen-bond acceptors (Lipinski definition) is 4. The molecule has 2 rings (SSSR count). The van der Waals surface area contributed by atoms with Crippen LogP contribution in [-0.2, 0) is 4.74 Å². The summed E-state index contributed by atoms with van der Waals surface area (Å²) in [7, 11) is 1.13. The molecule has 0 aliphatic rings. The lowest BCUT2D eigenvalue weighted by Crippen LogP contribution is -2.04. The second-order valence-corrected chi connectivity index (χ2v) is 3.70. The van der Waals surface area contributed by atoms with E-state index < -0.39 is 23.4 Å². The Morgan fingerprint density at radius 2 is 1.84 bits per heavy atom. The monoisotopic (exact) mass is 271 g/mol. The molecule has 100 valence electrons. The Hall–Kier alpha value is -2.31. The largest absolute Gasteiger partial charge is 0.465 e. The molecule has 0 radical (unpaired) electrons. The molecule has 2 aromatic rings. The average molecular weight is 271 g/mol. The first kappa shape index (κ1) is 13.1. The first-order chi connectivity index (χ1) is 8.95. The fraction of sp³-hybridized carbons (Fsp3) is 0.167. The molecule has 7 heteroatoms. The molecule has 1 aromatic heterocycles. The first-order valence-corrected chi connectivity index (χ1v) is 5.15. The number of hydrogen-bond donors (Lipinski definition) is 0. The van der Waals surface area contributed by atoms with Gasteiger partial charge >= 0.3 is 5.97 Å². The van der Waals surface area contributed by atoms with Crippen molar-refractivity contribution in [3.8, 4) is 11.3 Å². The lowest BCUT2D eigenvalue weighted by atomic mass is 10.1. The van der Waals surface area contributed by atoms with Gasteiger partial charge in [-0.15, -0.1) is 0 Å². The number of benzene rings is 1. The minimum Gasteiger partial charge on any atom is -0.465 e. The molecule has 0 saturated carbocycles. The van der Waals surface area contributed by atoms with Gasteiger partial charge in [-0.05, 0) is 13.0 Å². The van der Waals surface area contributed by atoms with E-state index in [1.165, 1.54) is 6.92 Å². The molecular weight excluding hydrogens is 263 g/mol. The summed E-state index contributed by atoms with van der Waals surface area (Å²) in [4.78, 5) is 11.5. The quantitative estimate of drug-likeness (QED) is 0.622. The molecule has 0 unspecified atom stereocenters. The number of ether oxygens (including phenoxy) is 1. The lowest BCUT2D eigenvalue weighted by Gasteiger charge is -2.03. The van der Waals surface area contributed by atoms with Crippen molar-refractivity contribution < 1.29 is 27.2 Å². The van der Waals surface area contributed by atoms with Crippen LogP contribution in [0.3, 0.4) is 0 Å². The van der Waals surface area contributed by atoms with E-state index in [0.29, 0.717) is 12.1 Å². The Balaban J connectivity index is 2.66. The summed E-state index contributed by atoms with van der Waals surface area (Å²) >= 11 is 0. The second kappa shape index (κ2) is 4.75. The van der Waals surface area contributed by atoms with Crippen molar-refractivity contribution in [3.63, 3.8) is 0 Å². The maximum absolute atomic E-state index is 13.6. The van der Waals surface area contributed by atoms with Crippen molar-refractivity contribution in [2.45, 2.75) is 6.92 Å². The predicted octanol–water partition coefficient (Wildman–Crippen LogP) is 2.85. The Kier molecular flexibility index (Phi) is 3.28. The molecule has 0 N–H and O–H groups in total. The van der Waals surface area contributed by atoms with Gasteiger partial charge in [0, 0.05) is 11.6 Å². The summed E-state index contributed by atoms with van der Waals surface area (Å²) < 4.78 is 48.9. The number of carbonyl (C=O) groups excluding carboxylic acids is 1. The van der Waals surface area contributed by atoms with Crippen molar-refractivity contribution in [1.29, 1.82) is 0 Å². The normalized spacial score (nSPS) is 10.6. The summed E-state index contributed by atoms with van der Waals surface area (Å²) in [6, 6.07) is 0.976. The van der Waals surface area contributed by atoms with Crippen molar-refractivity contribution >= 4 is 5.97 Å². The van der Waals surface area contributed by atoms with E-state index in [1.54, 1.807) is 0 Å². The second-order valence-electron chi connectivity index (χ2n) is 3.70. The number of halogens is 3. The Bertz CT molecular complexity index is 652. The van der Waals surface area contributed by atoms with E-state index in [9.17, 15) is 18.0 Å². The molecule has 0 aliphatic carbocycles. The zero-order valence-electron chi connectivity index (χ0n) is 9.96. The van der Waals surface area contributed by atoms with E-state index in [2.05, 4.69) is 9.89 Å². The number of nitrogens with zero attached hydrogens (tertiary/aromatic N) is 1. The van der Waals surface area contributed by atoms with Crippen molar-refractivity contribution in [1.82, 2.24) is 5.16 Å². The van der Waals surface area contributed by atoms with Gasteiger partial charge in [0.05, 0.1) is 7.11 Å². The van der Waals surface area contributed by atoms with Crippen molar-refractivity contribution in [3.05, 3.63) is 40.9 Å². The van der Waals surface area contributed by atoms with Gasteiger partial charge in [0.1, 0.15) is 22.8 Å². The van der Waals surface area contributed by atoms with Gasteiger partial charge in [0.2, 0.25) is 0 Å². The van der Waals surface area contributed by atoms with Gasteiger partial charge < -0.3 is 9.26 Å². The van der Waals surface area contributed by atoms with Crippen LogP contribution in [0.15, 0.2) is 16.7 Å². The molecule has 0 spiro atoms. The van der Waals surface area contributed by atoms with Crippen LogP contribution in [0.5, 0.6) is 0 Å². The standard InChI is InChI=1S/C12H8F3NO3/c1-5-10(12(17)18-2)11(16-19-5)6-3-8(14)9(15)4-7(6)13/h3-4H,1-2H3. The van der Waals surface area contributed by atoms with Gasteiger partial charge in [-0.1, -0.05) is 5.16 Å². The van der Waals surface area contributed by atoms with Crippen LogP contribution in [0.2, 0.25) is 0 Å². The lowest BCUT2D eigenvalue weighted by molar-refractivity contribution is 0.0599. The molecule has 19 heavy (non-hydrogen) atoms. The Morgan fingerprint density at radius 3 is 2.47 bits per heavy atom. The van der Waals surface area contributed by atoms with Crippen molar-refractivity contribution in [2.24, 2.45) is 0 Å². The molecule has 1 heterocycles. The molecule has 0 bridgehead atoms. The summed E-state index contributed by atoms with van der Waals surface area (Å²) in [5, 5.41) is 3.48. The molecule has 0 saturated heterocycles. The topological polar surface area (TPSA) is 52.3 Å². The molecule has 4 nitrogen and oxygen atoms in total. The van der Waals surface area contributed by atoms with Crippen LogP contribution in [0.25, 0.3) is 11.3 Å². The van der Waals surface area contributed by atoms with E-state index in [1.807, 2.05) is 0 Å². The highest BCUT2D eigenvalue weighted by Gasteiger charge is 2.25. The van der Waals surface area contributed by atoms with E-state index >= 15 is 0 Å². The summed E-state index contributed by atoms with van der Waals surface area (Å²) in [6.07, 6.45) is 0. The fourth-order valence-electron chi connectivity index (χ4n) is 1.60. The third kappa shape index (κ3) is 2.18. The first-order valence-electron chi connectivity index (χ1n) is 5.15. The number of aromatic nitrogens is 1. The van der Waals surface area contributed by atoms with Crippen LogP contribution in [0.1, 0.15) is 16.1 Å². The molecule has 1 aromatic carbocycles. The van der Waals surface area contributed by atoms with E-state index in [0.717, 1.165) is 7.11 Å². The molecular formula is C12H8F3NO3. The number of esters is 1. The van der Waals surface area contributed by atoms with Crippen LogP contribution < -0.4 is 0 Å². The van der Waals surface area contributed by atoms with Gasteiger partial charge in [-0.25, -0.2) is 18.0 Å². The summed E-state index contributed by atoms with van der Waals surface area (Å²) in [5.74, 6) is -4.37. The summed E-state index contributed by atoms with van der Waals surface area (Å²) in [6.45, 7) is 1.42. The average Bonchev–Trinajstić information content (AvgIpc) is 2.74. The third-order valence-corrected chi connectivity index (χ3v) is 2.52. The van der Waals surface area contributed by atoms with Crippen LogP contribution in [0, 0.1) is 24.4 Å². The highest BCUT2D eigenvalue weighted by atomic mass is 19.2. The maximum atomic E-state index is 13.6. The zero-order valence-corrected chi connectivity index (χ0v) is 9.96. The van der Waals surface area contributed by atoms with Gasteiger partial charge in [-0.3, -0.25) is 0 Å². The van der Waals surface area contributed by atoms with Crippen molar-refractivity contribution in [2.75, 3.05) is 7.11 Å². The number of aryl methyl sites for hydroxylation is 1. The summed E-state index contributed by atoms with van der Waals surface area (Å²) in [5.41, 5.74) is -0.746. The Morgan fingerprint density at radius 1 is 1.21 bits per heavy atom. The van der Waals surface area contributed by atoms with Crippen LogP contribution >= 0.6 is 0 Å². The zero-order chi connectivity index (χ0) is 14.2. The number of methoxy groups -OCH3 is 1. The smallest absolute Gasteiger partial charge is 0.343 e. The highest BCUT2D eigenvalue weighted by Crippen LogP contribution is 2.29. The number of rotatable bonds is 2. The van der Waals surface area contributed by atoms with E-state index in [4.69, 9.17) is 4.52 Å². The predicted molar refractivity (Wildman–Crippen MR) is 57.9 cm³/mol. The molecule has 0 amide bonds. The highest BCUT2D eigenvalue weighted by molar-refractivity contribution is 5.97. The molecule has 0 fully saturated rings. The van der Waals surface area contributed by atoms with Gasteiger partial charge in [0.25, 0.3) is 0 Å². The maximum Gasteiger partial charge on any atom is 0.343 e. The number of carbonyl (C=O) groups is 1. The SMILES string of the molecule is COC(=O)c1c(-c2cc(F)c(F)cc2F)noc1C. The fourth-order valence-corrected chi connectivity index (χ4v) is 1.60. The minimum absolute atomic E-state index is 0.0889. The van der Waals surface area contributed by atoms with E-state index in [-0.39, 0.29) is 22.6 Å². The van der Waals surface area contributed by atoms with Crippen LogP contribution in [-0.4, -0.2) is 18.2 Å². The third-order valence-electron chi connectivity index (χ3n) is 2.52. The molecule has 0 aliphatic heterocycles. The Labute approximate surface area is 105 Å². The molecule has 0 atom stereocenters. The van der Waals surface area contributed by atoms with Crippen LogP contribution in [0.4, 0.5) is 13.2 Å². The van der Waals surface area contributed by atoms with Gasteiger partial charge in [-0.2, -0.15) is 0 Å². The van der Waals surface area contributed by atoms with Gasteiger partial charge in [0.15, 0.2) is 11.6 Å². The minimum atomic E-state index is -1.33.